The molecule has 0 unspecified atom stereocenters. The molecule has 16 heavy (non-hydrogen) atoms. The molecule has 0 atom stereocenters. The molecule has 1 N–H and O–H groups in total. The molecule has 0 aromatic heterocycles. The van der Waals surface area contributed by atoms with Gasteiger partial charge in [0.2, 0.25) is 0 Å². The fourth-order valence-electron chi connectivity index (χ4n) is 0.909. The molecule has 0 aliphatic rings. The highest BCUT2D eigenvalue weighted by molar-refractivity contribution is 7.85. The van der Waals surface area contributed by atoms with Gasteiger partial charge in [-0.2, -0.15) is 8.42 Å². The molecule has 5 nitrogen and oxygen atoms in total. The van der Waals surface area contributed by atoms with Crippen LogP contribution in [0.2, 0.25) is 0 Å². The molecule has 0 saturated heterocycles. The van der Waals surface area contributed by atoms with E-state index in [9.17, 15) is 17.6 Å². The molecule has 0 aliphatic heterocycles. The van der Waals surface area contributed by atoms with Crippen LogP contribution in [0.1, 0.15) is 10.4 Å². The van der Waals surface area contributed by atoms with E-state index in [-0.39, 0.29) is 5.56 Å². The van der Waals surface area contributed by atoms with Crippen molar-refractivity contribution in [3.63, 3.8) is 0 Å². The molecule has 0 radical (unpaired) electrons. The third kappa shape index (κ3) is 4.37. The minimum absolute atomic E-state index is 0.108. The average Bonchev–Trinajstić information content (AvgIpc) is 2.16. The summed E-state index contributed by atoms with van der Waals surface area (Å²) in [4.78, 5) is 11.2. The fourth-order valence-corrected chi connectivity index (χ4v) is 1.20. The Morgan fingerprint density at radius 3 is 2.38 bits per heavy atom. The molecule has 0 bridgehead atoms. The van der Waals surface area contributed by atoms with Crippen molar-refractivity contribution in [1.82, 2.24) is 0 Å². The van der Waals surface area contributed by atoms with Crippen LogP contribution < -0.4 is 0 Å². The first kappa shape index (κ1) is 12.6. The minimum atomic E-state index is -4.15. The van der Waals surface area contributed by atoms with E-state index in [4.69, 9.17) is 4.55 Å². The lowest BCUT2D eigenvalue weighted by Gasteiger charge is -2.03. The molecule has 0 heterocycles. The maximum atomic E-state index is 12.5. The van der Waals surface area contributed by atoms with Crippen molar-refractivity contribution in [2.45, 2.75) is 0 Å². The highest BCUT2D eigenvalue weighted by Gasteiger charge is 2.10. The average molecular weight is 248 g/mol. The van der Waals surface area contributed by atoms with Gasteiger partial charge in [-0.1, -0.05) is 0 Å². The Kier molecular flexibility index (Phi) is 3.97. The van der Waals surface area contributed by atoms with Gasteiger partial charge in [-0.15, -0.1) is 0 Å². The van der Waals surface area contributed by atoms with Crippen LogP contribution in [0.25, 0.3) is 0 Å². The zero-order valence-corrected chi connectivity index (χ0v) is 8.91. The number of carbonyl (C=O) groups excluding carboxylic acids is 1. The monoisotopic (exact) mass is 248 g/mol. The topological polar surface area (TPSA) is 80.7 Å². The van der Waals surface area contributed by atoms with Gasteiger partial charge >= 0.3 is 5.97 Å². The van der Waals surface area contributed by atoms with Gasteiger partial charge in [0.1, 0.15) is 18.2 Å². The third-order valence-electron chi connectivity index (χ3n) is 1.65. The molecule has 0 aliphatic carbocycles. The lowest BCUT2D eigenvalue weighted by molar-refractivity contribution is 0.0528. The summed E-state index contributed by atoms with van der Waals surface area (Å²) in [6.45, 7) is -0.449. The number of carbonyl (C=O) groups is 1. The standard InChI is InChI=1S/C9H9FO5S/c10-8-3-1-7(2-4-8)9(11)15-5-6-16(12,13)14/h1-4H,5-6H2,(H,12,13,14). The first-order chi connectivity index (χ1) is 7.38. The Hall–Kier alpha value is -1.47. The second-order valence-electron chi connectivity index (χ2n) is 2.93. The molecule has 0 amide bonds. The first-order valence-corrected chi connectivity index (χ1v) is 5.87. The van der Waals surface area contributed by atoms with Gasteiger partial charge in [-0.3, -0.25) is 4.55 Å². The summed E-state index contributed by atoms with van der Waals surface area (Å²) in [5, 5.41) is 0. The Morgan fingerprint density at radius 2 is 1.88 bits per heavy atom. The number of ether oxygens (including phenoxy) is 1. The van der Waals surface area contributed by atoms with Crippen molar-refractivity contribution in [3.05, 3.63) is 35.6 Å². The predicted molar refractivity (Wildman–Crippen MR) is 53.1 cm³/mol. The normalized spacial score (nSPS) is 11.1. The summed E-state index contributed by atoms with van der Waals surface area (Å²) in [7, 11) is -4.15. The largest absolute Gasteiger partial charge is 0.461 e. The molecule has 1 aromatic carbocycles. The van der Waals surface area contributed by atoms with Gasteiger partial charge in [-0.05, 0) is 24.3 Å². The van der Waals surface area contributed by atoms with Crippen LogP contribution >= 0.6 is 0 Å². The van der Waals surface area contributed by atoms with E-state index in [0.717, 1.165) is 12.1 Å². The SMILES string of the molecule is O=C(OCCS(=O)(=O)O)c1ccc(F)cc1. The number of halogens is 1. The number of benzene rings is 1. The quantitative estimate of drug-likeness (QED) is 0.631. The van der Waals surface area contributed by atoms with E-state index in [1.807, 2.05) is 0 Å². The van der Waals surface area contributed by atoms with Gasteiger partial charge < -0.3 is 4.74 Å². The van der Waals surface area contributed by atoms with Gasteiger partial charge in [-0.25, -0.2) is 9.18 Å². The van der Waals surface area contributed by atoms with E-state index < -0.39 is 34.3 Å². The summed E-state index contributed by atoms with van der Waals surface area (Å²) in [6.07, 6.45) is 0. The maximum Gasteiger partial charge on any atom is 0.338 e. The van der Waals surface area contributed by atoms with Crippen molar-refractivity contribution in [2.24, 2.45) is 0 Å². The molecule has 1 aromatic rings. The van der Waals surface area contributed by atoms with E-state index >= 15 is 0 Å². The van der Waals surface area contributed by atoms with Crippen LogP contribution in [-0.4, -0.2) is 31.3 Å². The van der Waals surface area contributed by atoms with Crippen LogP contribution in [0.3, 0.4) is 0 Å². The lowest BCUT2D eigenvalue weighted by atomic mass is 10.2. The number of esters is 1. The summed E-state index contributed by atoms with van der Waals surface area (Å²) >= 11 is 0. The van der Waals surface area contributed by atoms with Gasteiger partial charge in [0.15, 0.2) is 0 Å². The van der Waals surface area contributed by atoms with Crippen LogP contribution in [0.4, 0.5) is 4.39 Å². The molecular formula is C9H9FO5S. The number of rotatable bonds is 4. The molecule has 0 spiro atoms. The molecule has 0 saturated carbocycles. The molecule has 1 rings (SSSR count). The Balaban J connectivity index is 2.50. The summed E-state index contributed by atoms with van der Waals surface area (Å²) < 4.78 is 46.0. The second kappa shape index (κ2) is 5.04. The summed E-state index contributed by atoms with van der Waals surface area (Å²) in [5.41, 5.74) is 0.108. The van der Waals surface area contributed by atoms with Gasteiger partial charge in [0.25, 0.3) is 10.1 Å². The Morgan fingerprint density at radius 1 is 1.31 bits per heavy atom. The number of hydrogen-bond donors (Lipinski definition) is 1. The van der Waals surface area contributed by atoms with Crippen molar-refractivity contribution < 1.29 is 26.9 Å². The predicted octanol–water partition coefficient (Wildman–Crippen LogP) is 0.870. The first-order valence-electron chi connectivity index (χ1n) is 4.26. The minimum Gasteiger partial charge on any atom is -0.461 e. The number of hydrogen-bond acceptors (Lipinski definition) is 4. The Labute approximate surface area is 91.6 Å². The smallest absolute Gasteiger partial charge is 0.338 e. The fraction of sp³-hybridized carbons (Fsp3) is 0.222. The van der Waals surface area contributed by atoms with E-state index in [1.165, 1.54) is 12.1 Å². The van der Waals surface area contributed by atoms with E-state index in [1.54, 1.807) is 0 Å². The van der Waals surface area contributed by atoms with Crippen LogP contribution in [0.5, 0.6) is 0 Å². The summed E-state index contributed by atoms with van der Waals surface area (Å²) in [5.74, 6) is -1.93. The Bertz CT molecular complexity index is 465. The summed E-state index contributed by atoms with van der Waals surface area (Å²) in [6, 6.07) is 4.59. The third-order valence-corrected chi connectivity index (χ3v) is 2.34. The van der Waals surface area contributed by atoms with Crippen molar-refractivity contribution in [1.29, 1.82) is 0 Å². The molecule has 7 heteroatoms. The van der Waals surface area contributed by atoms with Crippen molar-refractivity contribution in [3.8, 4) is 0 Å². The molecule has 88 valence electrons. The zero-order chi connectivity index (χ0) is 12.2. The van der Waals surface area contributed by atoms with Gasteiger partial charge in [0.05, 0.1) is 5.56 Å². The van der Waals surface area contributed by atoms with Crippen molar-refractivity contribution >= 4 is 16.1 Å². The zero-order valence-electron chi connectivity index (χ0n) is 8.09. The second-order valence-corrected chi connectivity index (χ2v) is 4.50. The van der Waals surface area contributed by atoms with Crippen LogP contribution in [0, 0.1) is 5.82 Å². The van der Waals surface area contributed by atoms with E-state index in [0.29, 0.717) is 0 Å². The van der Waals surface area contributed by atoms with Crippen molar-refractivity contribution in [2.75, 3.05) is 12.4 Å². The maximum absolute atomic E-state index is 12.5. The van der Waals surface area contributed by atoms with Crippen LogP contribution in [-0.2, 0) is 14.9 Å². The molecule has 0 fully saturated rings. The lowest BCUT2D eigenvalue weighted by Crippen LogP contribution is -2.14. The molecular weight excluding hydrogens is 239 g/mol. The van der Waals surface area contributed by atoms with Gasteiger partial charge in [0, 0.05) is 0 Å². The van der Waals surface area contributed by atoms with E-state index in [2.05, 4.69) is 4.74 Å². The highest BCUT2D eigenvalue weighted by Crippen LogP contribution is 2.04. The highest BCUT2D eigenvalue weighted by atomic mass is 32.2. The van der Waals surface area contributed by atoms with Crippen LogP contribution in [0.15, 0.2) is 24.3 Å².